The number of nitrogens with zero attached hydrogens (tertiary/aromatic N) is 1. The van der Waals surface area contributed by atoms with Gasteiger partial charge in [0, 0.05) is 6.04 Å². The standard InChI is InChI=1S/C24H29N3O4/c1-4-24(19-12-14-20(31-3)15-13-19)22(29)27(23(30)26-24)16-21(28)25-17(2)10-11-18-8-6-5-7-9-18/h5-9,12-15,17H,4,10-11,16H2,1-3H3,(H,25,28)(H,26,30)/t17-,24+/m0/s1. The van der Waals surface area contributed by atoms with Crippen LogP contribution in [0.4, 0.5) is 4.79 Å². The Balaban J connectivity index is 1.62. The lowest BCUT2D eigenvalue weighted by atomic mass is 9.87. The van der Waals surface area contributed by atoms with E-state index < -0.39 is 17.5 Å². The van der Waals surface area contributed by atoms with Gasteiger partial charge in [-0.3, -0.25) is 14.5 Å². The Hall–Kier alpha value is -3.35. The topological polar surface area (TPSA) is 87.7 Å². The Kier molecular flexibility index (Phi) is 6.95. The summed E-state index contributed by atoms with van der Waals surface area (Å²) in [5.41, 5.74) is 0.681. The molecular weight excluding hydrogens is 394 g/mol. The minimum atomic E-state index is -1.18. The lowest BCUT2D eigenvalue weighted by molar-refractivity contribution is -0.135. The summed E-state index contributed by atoms with van der Waals surface area (Å²) < 4.78 is 5.17. The van der Waals surface area contributed by atoms with Crippen molar-refractivity contribution in [3.63, 3.8) is 0 Å². The molecule has 0 aliphatic carbocycles. The molecule has 0 bridgehead atoms. The highest BCUT2D eigenvalue weighted by atomic mass is 16.5. The van der Waals surface area contributed by atoms with Gasteiger partial charge in [0.25, 0.3) is 5.91 Å². The maximum atomic E-state index is 13.2. The minimum Gasteiger partial charge on any atom is -0.497 e. The second-order valence-electron chi connectivity index (χ2n) is 7.80. The molecule has 2 N–H and O–H groups in total. The maximum absolute atomic E-state index is 13.2. The molecule has 4 amide bonds. The predicted octanol–water partition coefficient (Wildman–Crippen LogP) is 2.99. The monoisotopic (exact) mass is 423 g/mol. The largest absolute Gasteiger partial charge is 0.497 e. The number of amides is 4. The zero-order valence-electron chi connectivity index (χ0n) is 18.2. The number of methoxy groups -OCH3 is 1. The third-order valence-electron chi connectivity index (χ3n) is 5.71. The molecule has 7 nitrogen and oxygen atoms in total. The molecule has 2 atom stereocenters. The first-order chi connectivity index (χ1) is 14.9. The van der Waals surface area contributed by atoms with Crippen LogP contribution >= 0.6 is 0 Å². The van der Waals surface area contributed by atoms with E-state index in [4.69, 9.17) is 4.74 Å². The van der Waals surface area contributed by atoms with E-state index in [9.17, 15) is 14.4 Å². The van der Waals surface area contributed by atoms with Crippen molar-refractivity contribution in [2.24, 2.45) is 0 Å². The molecule has 0 saturated carbocycles. The minimum absolute atomic E-state index is 0.0778. The fourth-order valence-electron chi connectivity index (χ4n) is 3.85. The maximum Gasteiger partial charge on any atom is 0.325 e. The number of imide groups is 1. The highest BCUT2D eigenvalue weighted by molar-refractivity contribution is 6.09. The smallest absolute Gasteiger partial charge is 0.325 e. The number of carbonyl (C=O) groups excluding carboxylic acids is 3. The van der Waals surface area contributed by atoms with Crippen molar-refractivity contribution in [3.8, 4) is 5.75 Å². The number of ether oxygens (including phenoxy) is 1. The van der Waals surface area contributed by atoms with Crippen LogP contribution in [0.1, 0.15) is 37.8 Å². The molecule has 31 heavy (non-hydrogen) atoms. The molecule has 1 aliphatic rings. The molecule has 1 heterocycles. The van der Waals surface area contributed by atoms with Crippen molar-refractivity contribution < 1.29 is 19.1 Å². The van der Waals surface area contributed by atoms with Crippen LogP contribution in [-0.4, -0.2) is 42.4 Å². The summed E-state index contributed by atoms with van der Waals surface area (Å²) in [7, 11) is 1.56. The number of aryl methyl sites for hydroxylation is 1. The molecule has 1 saturated heterocycles. The van der Waals surface area contributed by atoms with Crippen molar-refractivity contribution in [1.82, 2.24) is 15.5 Å². The number of benzene rings is 2. The SMILES string of the molecule is CC[C@]1(c2ccc(OC)cc2)NC(=O)N(CC(=O)N[C@@H](C)CCc2ccccc2)C1=O. The van der Waals surface area contributed by atoms with Gasteiger partial charge in [-0.1, -0.05) is 49.4 Å². The third-order valence-corrected chi connectivity index (χ3v) is 5.71. The molecule has 0 spiro atoms. The molecule has 1 fully saturated rings. The summed E-state index contributed by atoms with van der Waals surface area (Å²) in [6.07, 6.45) is 1.97. The van der Waals surface area contributed by atoms with E-state index in [1.807, 2.05) is 44.2 Å². The average molecular weight is 424 g/mol. The van der Waals surface area contributed by atoms with Crippen molar-refractivity contribution in [2.75, 3.05) is 13.7 Å². The number of hydrogen-bond acceptors (Lipinski definition) is 4. The zero-order chi connectivity index (χ0) is 22.4. The van der Waals surface area contributed by atoms with Gasteiger partial charge in [0.2, 0.25) is 5.91 Å². The number of rotatable bonds is 9. The quantitative estimate of drug-likeness (QED) is 0.607. The first-order valence-corrected chi connectivity index (χ1v) is 10.5. The van der Waals surface area contributed by atoms with Crippen LogP contribution in [0.5, 0.6) is 5.75 Å². The molecule has 2 aromatic rings. The van der Waals surface area contributed by atoms with Crippen molar-refractivity contribution >= 4 is 17.8 Å². The predicted molar refractivity (Wildman–Crippen MR) is 118 cm³/mol. The van der Waals surface area contributed by atoms with Crippen LogP contribution in [0.3, 0.4) is 0 Å². The van der Waals surface area contributed by atoms with Crippen LogP contribution in [0.2, 0.25) is 0 Å². The Morgan fingerprint density at radius 1 is 1.13 bits per heavy atom. The van der Waals surface area contributed by atoms with Crippen LogP contribution in [-0.2, 0) is 21.5 Å². The molecule has 164 valence electrons. The number of hydrogen-bond donors (Lipinski definition) is 2. The summed E-state index contributed by atoms with van der Waals surface area (Å²) >= 11 is 0. The van der Waals surface area contributed by atoms with Crippen molar-refractivity contribution in [1.29, 1.82) is 0 Å². The zero-order valence-corrected chi connectivity index (χ0v) is 18.2. The molecular formula is C24H29N3O4. The Labute approximate surface area is 182 Å². The average Bonchev–Trinajstić information content (AvgIpc) is 3.03. The van der Waals surface area contributed by atoms with E-state index in [-0.39, 0.29) is 18.5 Å². The van der Waals surface area contributed by atoms with Crippen LogP contribution in [0, 0.1) is 0 Å². The van der Waals surface area contributed by atoms with Gasteiger partial charge in [-0.25, -0.2) is 4.79 Å². The van der Waals surface area contributed by atoms with Crippen LogP contribution < -0.4 is 15.4 Å². The van der Waals surface area contributed by atoms with Gasteiger partial charge in [-0.2, -0.15) is 0 Å². The summed E-state index contributed by atoms with van der Waals surface area (Å²) in [6, 6.07) is 16.4. The van der Waals surface area contributed by atoms with Crippen LogP contribution in [0.25, 0.3) is 0 Å². The molecule has 1 aliphatic heterocycles. The fourth-order valence-corrected chi connectivity index (χ4v) is 3.85. The fraction of sp³-hybridized carbons (Fsp3) is 0.375. The van der Waals surface area contributed by atoms with E-state index in [2.05, 4.69) is 10.6 Å². The number of carbonyl (C=O) groups is 3. The van der Waals surface area contributed by atoms with Crippen molar-refractivity contribution in [3.05, 3.63) is 65.7 Å². The van der Waals surface area contributed by atoms with Gasteiger partial charge in [-0.15, -0.1) is 0 Å². The summed E-state index contributed by atoms with van der Waals surface area (Å²) in [5.74, 6) is -0.115. The first-order valence-electron chi connectivity index (χ1n) is 10.5. The molecule has 0 radical (unpaired) electrons. The second-order valence-corrected chi connectivity index (χ2v) is 7.80. The molecule has 0 aromatic heterocycles. The van der Waals surface area contributed by atoms with Gasteiger partial charge in [0.15, 0.2) is 0 Å². The number of urea groups is 1. The van der Waals surface area contributed by atoms with Crippen LogP contribution in [0.15, 0.2) is 54.6 Å². The van der Waals surface area contributed by atoms with E-state index in [1.165, 1.54) is 5.56 Å². The first kappa shape index (κ1) is 22.3. The van der Waals surface area contributed by atoms with Gasteiger partial charge in [-0.05, 0) is 49.4 Å². The van der Waals surface area contributed by atoms with Gasteiger partial charge in [0.05, 0.1) is 7.11 Å². The Morgan fingerprint density at radius 2 is 1.81 bits per heavy atom. The van der Waals surface area contributed by atoms with E-state index >= 15 is 0 Å². The van der Waals surface area contributed by atoms with E-state index in [0.717, 1.165) is 17.7 Å². The summed E-state index contributed by atoms with van der Waals surface area (Å²) in [4.78, 5) is 39.3. The highest BCUT2D eigenvalue weighted by Gasteiger charge is 2.51. The molecule has 3 rings (SSSR count). The molecule has 7 heteroatoms. The summed E-state index contributed by atoms with van der Waals surface area (Å²) in [5, 5.41) is 5.68. The van der Waals surface area contributed by atoms with E-state index in [1.54, 1.807) is 31.4 Å². The molecule has 2 aromatic carbocycles. The van der Waals surface area contributed by atoms with Gasteiger partial charge in [0.1, 0.15) is 17.8 Å². The lowest BCUT2D eigenvalue weighted by Crippen LogP contribution is -2.46. The molecule has 0 unspecified atom stereocenters. The normalized spacial score (nSPS) is 19.1. The van der Waals surface area contributed by atoms with Gasteiger partial charge < -0.3 is 15.4 Å². The Bertz CT molecular complexity index is 930. The lowest BCUT2D eigenvalue weighted by Gasteiger charge is -2.26. The van der Waals surface area contributed by atoms with E-state index in [0.29, 0.717) is 17.7 Å². The highest BCUT2D eigenvalue weighted by Crippen LogP contribution is 2.33. The van der Waals surface area contributed by atoms with Crippen molar-refractivity contribution in [2.45, 2.75) is 44.7 Å². The Morgan fingerprint density at radius 3 is 2.42 bits per heavy atom. The van der Waals surface area contributed by atoms with Gasteiger partial charge >= 0.3 is 6.03 Å². The number of nitrogens with one attached hydrogen (secondary N) is 2. The summed E-state index contributed by atoms with van der Waals surface area (Å²) in [6.45, 7) is 3.44. The third kappa shape index (κ3) is 4.87. The second kappa shape index (κ2) is 9.64.